The predicted molar refractivity (Wildman–Crippen MR) is 165 cm³/mol. The summed E-state index contributed by atoms with van der Waals surface area (Å²) in [6.07, 6.45) is 2.87. The zero-order valence-corrected chi connectivity index (χ0v) is 26.5. The maximum absolute atomic E-state index is 14.8. The topological polar surface area (TPSA) is 129 Å². The van der Waals surface area contributed by atoms with Crippen molar-refractivity contribution in [2.45, 2.75) is 77.4 Å². The van der Waals surface area contributed by atoms with Crippen molar-refractivity contribution < 1.29 is 33.7 Å². The maximum atomic E-state index is 14.8. The molecule has 2 amide bonds. The molecule has 1 saturated heterocycles. The van der Waals surface area contributed by atoms with Gasteiger partial charge in [0.1, 0.15) is 30.0 Å². The average Bonchev–Trinajstić information content (AvgIpc) is 3.41. The first-order valence-corrected chi connectivity index (χ1v) is 15.6. The van der Waals surface area contributed by atoms with Gasteiger partial charge in [0.15, 0.2) is 0 Å². The first-order chi connectivity index (χ1) is 21.1. The molecule has 0 bridgehead atoms. The Hall–Kier alpha value is -2.90. The summed E-state index contributed by atoms with van der Waals surface area (Å²) in [5.41, 5.74) is -0.113. The Kier molecular flexibility index (Phi) is 14.7. The van der Waals surface area contributed by atoms with Crippen molar-refractivity contribution in [1.29, 1.82) is 0 Å². The molecule has 4 atom stereocenters. The van der Waals surface area contributed by atoms with Gasteiger partial charge in [-0.25, -0.2) is 9.37 Å². The Bertz CT molecular complexity index is 1160. The number of carbonyl (C=O) groups is 2. The molecule has 1 aliphatic rings. The van der Waals surface area contributed by atoms with E-state index in [1.165, 1.54) is 30.2 Å². The van der Waals surface area contributed by atoms with E-state index in [0.29, 0.717) is 39.0 Å². The average molecular weight is 620 g/mol. The number of aryl methyl sites for hydroxylation is 2. The van der Waals surface area contributed by atoms with Gasteiger partial charge in [0, 0.05) is 58.3 Å². The van der Waals surface area contributed by atoms with Gasteiger partial charge < -0.3 is 39.4 Å². The molecular formula is C32H50FN5O6. The number of hydrogen-bond acceptors (Lipinski definition) is 8. The summed E-state index contributed by atoms with van der Waals surface area (Å²) in [7, 11) is 1.39. The summed E-state index contributed by atoms with van der Waals surface area (Å²) in [5.74, 6) is -0.188. The molecule has 2 heterocycles. The molecule has 1 aromatic carbocycles. The van der Waals surface area contributed by atoms with Gasteiger partial charge in [0.2, 0.25) is 5.91 Å². The lowest BCUT2D eigenvalue weighted by atomic mass is 9.99. The van der Waals surface area contributed by atoms with Crippen molar-refractivity contribution in [2.75, 3.05) is 53.0 Å². The number of carbonyl (C=O) groups excluding carboxylic acids is 2. The fourth-order valence-corrected chi connectivity index (χ4v) is 5.54. The van der Waals surface area contributed by atoms with Crippen molar-refractivity contribution in [3.05, 3.63) is 53.9 Å². The quantitative estimate of drug-likeness (QED) is 0.346. The largest absolute Gasteiger partial charge is 0.388 e. The Balaban J connectivity index is 1.85. The van der Waals surface area contributed by atoms with Crippen LogP contribution >= 0.6 is 0 Å². The number of aromatic nitrogens is 2. The fraction of sp³-hybridized carbons (Fsp3) is 0.656. The molecule has 0 aliphatic carbocycles. The predicted octanol–water partition coefficient (Wildman–Crippen LogP) is 2.24. The highest BCUT2D eigenvalue weighted by Gasteiger charge is 2.34. The van der Waals surface area contributed by atoms with Crippen LogP contribution in [0.25, 0.3) is 0 Å². The van der Waals surface area contributed by atoms with Crippen molar-refractivity contribution in [3.63, 3.8) is 0 Å². The standard InChI is InChI=1S/C32H50FN5O6/c1-23(2)18-25-20-37(32(42)26-10-5-6-11-27(26)33)21-29(43-4)31(41)28(39)22-44-17-8-7-15-38(25)30(40)19-34-12-9-14-36-16-13-35-24(36)3/h5-6,10-11,13,16,23,25,28-29,31,34,39,41H,7-9,12,14-15,17-22H2,1-4H3/t25-,28-,29-,31-/m1/s1. The van der Waals surface area contributed by atoms with Crippen LogP contribution in [0.2, 0.25) is 0 Å². The summed E-state index contributed by atoms with van der Waals surface area (Å²) in [6, 6.07) is 5.36. The number of aliphatic hydroxyl groups is 2. The number of hydrogen-bond donors (Lipinski definition) is 3. The zero-order valence-electron chi connectivity index (χ0n) is 26.5. The summed E-state index contributed by atoms with van der Waals surface area (Å²) >= 11 is 0. The lowest BCUT2D eigenvalue weighted by Gasteiger charge is -2.39. The number of nitrogens with zero attached hydrogens (tertiary/aromatic N) is 4. The molecule has 1 aromatic heterocycles. The maximum Gasteiger partial charge on any atom is 0.256 e. The summed E-state index contributed by atoms with van der Waals surface area (Å²) < 4.78 is 28.0. The Morgan fingerprint density at radius 3 is 2.66 bits per heavy atom. The lowest BCUT2D eigenvalue weighted by Crippen LogP contribution is -2.54. The first-order valence-electron chi connectivity index (χ1n) is 15.6. The smallest absolute Gasteiger partial charge is 0.256 e. The molecule has 12 heteroatoms. The molecule has 0 saturated carbocycles. The molecule has 1 aliphatic heterocycles. The van der Waals surface area contributed by atoms with E-state index in [0.717, 1.165) is 18.8 Å². The molecule has 0 spiro atoms. The highest BCUT2D eigenvalue weighted by Crippen LogP contribution is 2.20. The fourth-order valence-electron chi connectivity index (χ4n) is 5.54. The number of aliphatic hydroxyl groups excluding tert-OH is 2. The highest BCUT2D eigenvalue weighted by molar-refractivity contribution is 5.94. The molecule has 246 valence electrons. The molecule has 2 aromatic rings. The number of halogens is 1. The van der Waals surface area contributed by atoms with Crippen molar-refractivity contribution in [1.82, 2.24) is 24.7 Å². The number of nitrogens with one attached hydrogen (secondary N) is 1. The summed E-state index contributed by atoms with van der Waals surface area (Å²) in [6.45, 7) is 8.34. The Labute approximate surface area is 260 Å². The van der Waals surface area contributed by atoms with E-state index in [1.807, 2.05) is 18.0 Å². The van der Waals surface area contributed by atoms with Crippen LogP contribution in [-0.4, -0.2) is 119 Å². The summed E-state index contributed by atoms with van der Waals surface area (Å²) in [4.78, 5) is 35.1. The SMILES string of the molecule is CO[C@@H]1CN(C(=O)c2ccccc2F)C[C@@H](CC(C)C)N(C(=O)CNCCCn2ccnc2C)CCCCOC[C@@H](O)[C@H]1O. The number of benzene rings is 1. The third-order valence-electron chi connectivity index (χ3n) is 7.98. The molecule has 3 rings (SSSR count). The second-order valence-electron chi connectivity index (χ2n) is 11.9. The minimum atomic E-state index is -1.35. The van der Waals surface area contributed by atoms with Crippen LogP contribution in [0.4, 0.5) is 4.39 Å². The van der Waals surface area contributed by atoms with Crippen molar-refractivity contribution >= 4 is 11.8 Å². The van der Waals surface area contributed by atoms with Crippen LogP contribution in [0.3, 0.4) is 0 Å². The first kappa shape index (κ1) is 35.6. The monoisotopic (exact) mass is 619 g/mol. The third-order valence-corrected chi connectivity index (χ3v) is 7.98. The molecule has 0 unspecified atom stereocenters. The van der Waals surface area contributed by atoms with Gasteiger partial charge in [-0.2, -0.15) is 0 Å². The number of ether oxygens (including phenoxy) is 2. The van der Waals surface area contributed by atoms with Gasteiger partial charge in [-0.1, -0.05) is 26.0 Å². The molecular weight excluding hydrogens is 569 g/mol. The molecule has 3 N–H and O–H groups in total. The van der Waals surface area contributed by atoms with Crippen LogP contribution in [0.5, 0.6) is 0 Å². The van der Waals surface area contributed by atoms with Gasteiger partial charge in [-0.05, 0) is 57.2 Å². The number of amides is 2. The number of methoxy groups -OCH3 is 1. The normalized spacial score (nSPS) is 22.6. The van der Waals surface area contributed by atoms with Crippen molar-refractivity contribution in [2.24, 2.45) is 5.92 Å². The van der Waals surface area contributed by atoms with Crippen LogP contribution in [0.15, 0.2) is 36.7 Å². The zero-order chi connectivity index (χ0) is 32.1. The molecule has 1 fully saturated rings. The van der Waals surface area contributed by atoms with E-state index in [-0.39, 0.29) is 49.7 Å². The van der Waals surface area contributed by atoms with Gasteiger partial charge in [-0.15, -0.1) is 0 Å². The van der Waals surface area contributed by atoms with Gasteiger partial charge >= 0.3 is 0 Å². The van der Waals surface area contributed by atoms with E-state index in [9.17, 15) is 24.2 Å². The van der Waals surface area contributed by atoms with E-state index in [4.69, 9.17) is 9.47 Å². The van der Waals surface area contributed by atoms with E-state index < -0.39 is 30.0 Å². The van der Waals surface area contributed by atoms with Crippen molar-refractivity contribution in [3.8, 4) is 0 Å². The van der Waals surface area contributed by atoms with Gasteiger partial charge in [0.25, 0.3) is 5.91 Å². The van der Waals surface area contributed by atoms with E-state index in [1.54, 1.807) is 12.3 Å². The minimum absolute atomic E-state index is 0.0838. The molecule has 0 radical (unpaired) electrons. The highest BCUT2D eigenvalue weighted by atomic mass is 19.1. The minimum Gasteiger partial charge on any atom is -0.388 e. The lowest BCUT2D eigenvalue weighted by molar-refractivity contribution is -0.134. The van der Waals surface area contributed by atoms with Crippen LogP contribution in [0.1, 0.15) is 55.7 Å². The second-order valence-corrected chi connectivity index (χ2v) is 11.9. The van der Waals surface area contributed by atoms with E-state index >= 15 is 0 Å². The van der Waals surface area contributed by atoms with Crippen LogP contribution in [0, 0.1) is 18.7 Å². The summed E-state index contributed by atoms with van der Waals surface area (Å²) in [5, 5.41) is 24.7. The second kappa shape index (κ2) is 18.2. The van der Waals surface area contributed by atoms with Gasteiger partial charge in [0.05, 0.1) is 18.7 Å². The van der Waals surface area contributed by atoms with Crippen LogP contribution in [-0.2, 0) is 20.8 Å². The Morgan fingerprint density at radius 1 is 1.20 bits per heavy atom. The molecule has 11 nitrogen and oxygen atoms in total. The molecule has 44 heavy (non-hydrogen) atoms. The Morgan fingerprint density at radius 2 is 1.98 bits per heavy atom. The number of rotatable bonds is 10. The van der Waals surface area contributed by atoms with E-state index in [2.05, 4.69) is 28.7 Å². The number of imidazole rings is 1. The third kappa shape index (κ3) is 10.6. The van der Waals surface area contributed by atoms with Gasteiger partial charge in [-0.3, -0.25) is 9.59 Å². The van der Waals surface area contributed by atoms with Crippen LogP contribution < -0.4 is 5.32 Å².